The van der Waals surface area contributed by atoms with Crippen LogP contribution < -0.4 is 0 Å². The number of para-hydroxylation sites is 1. The Morgan fingerprint density at radius 2 is 0.950 bits per heavy atom. The van der Waals surface area contributed by atoms with Gasteiger partial charge in [-0.05, 0) is 87.3 Å². The van der Waals surface area contributed by atoms with Crippen molar-refractivity contribution in [3.05, 3.63) is 194 Å². The van der Waals surface area contributed by atoms with E-state index in [-0.39, 0.29) is 0 Å². The molecule has 0 unspecified atom stereocenters. The van der Waals surface area contributed by atoms with E-state index in [0.717, 1.165) is 98.8 Å². The summed E-state index contributed by atoms with van der Waals surface area (Å²) < 4.78 is 8.44. The molecule has 0 radical (unpaired) electrons. The predicted molar refractivity (Wildman–Crippen MR) is 243 cm³/mol. The molecule has 0 amide bonds. The minimum Gasteiger partial charge on any atom is -0.456 e. The van der Waals surface area contributed by atoms with Crippen LogP contribution in [-0.2, 0) is 0 Å². The highest BCUT2D eigenvalue weighted by molar-refractivity contribution is 6.12. The van der Waals surface area contributed by atoms with Crippen LogP contribution in [0.5, 0.6) is 0 Å². The van der Waals surface area contributed by atoms with Crippen LogP contribution in [0.3, 0.4) is 0 Å². The number of nitrogens with zero attached hydrogens (tertiary/aromatic N) is 5. The average molecular weight is 766 g/mol. The smallest absolute Gasteiger partial charge is 0.164 e. The van der Waals surface area contributed by atoms with Crippen LogP contribution >= 0.6 is 0 Å². The quantitative estimate of drug-likeness (QED) is 0.174. The Hall–Kier alpha value is -8.40. The monoisotopic (exact) mass is 765 g/mol. The van der Waals surface area contributed by atoms with Gasteiger partial charge in [-0.2, -0.15) is 5.26 Å². The number of fused-ring (bicyclic) bond motifs is 8. The molecule has 12 aromatic rings. The predicted octanol–water partition coefficient (Wildman–Crippen LogP) is 13.7. The molecule has 9 aromatic carbocycles. The summed E-state index contributed by atoms with van der Waals surface area (Å²) in [4.78, 5) is 15.4. The number of hydrogen-bond acceptors (Lipinski definition) is 5. The highest BCUT2D eigenvalue weighted by Crippen LogP contribution is 2.39. The molecular weight excluding hydrogens is 735 g/mol. The second-order valence-electron chi connectivity index (χ2n) is 15.1. The molecule has 0 saturated heterocycles. The first-order valence-electron chi connectivity index (χ1n) is 19.9. The van der Waals surface area contributed by atoms with E-state index in [1.165, 1.54) is 0 Å². The van der Waals surface area contributed by atoms with Gasteiger partial charge in [-0.15, -0.1) is 0 Å². The van der Waals surface area contributed by atoms with Crippen LogP contribution in [0.1, 0.15) is 5.56 Å². The fourth-order valence-electron chi connectivity index (χ4n) is 8.80. The highest BCUT2D eigenvalue weighted by Gasteiger charge is 2.18. The lowest BCUT2D eigenvalue weighted by Crippen LogP contribution is -2.01. The van der Waals surface area contributed by atoms with E-state index in [9.17, 15) is 5.26 Å². The van der Waals surface area contributed by atoms with Crippen molar-refractivity contribution in [2.45, 2.75) is 0 Å². The van der Waals surface area contributed by atoms with Gasteiger partial charge in [-0.25, -0.2) is 15.0 Å². The number of aromatic nitrogens is 4. The second kappa shape index (κ2) is 13.3. The first-order chi connectivity index (χ1) is 29.7. The van der Waals surface area contributed by atoms with Crippen molar-refractivity contribution in [2.24, 2.45) is 0 Å². The van der Waals surface area contributed by atoms with Gasteiger partial charge < -0.3 is 8.98 Å². The topological polar surface area (TPSA) is 80.5 Å². The van der Waals surface area contributed by atoms with E-state index in [1.54, 1.807) is 0 Å². The third-order valence-electron chi connectivity index (χ3n) is 11.7. The molecule has 3 aromatic heterocycles. The average Bonchev–Trinajstić information content (AvgIpc) is 3.85. The molecule has 0 saturated carbocycles. The molecule has 0 aliphatic rings. The van der Waals surface area contributed by atoms with Crippen LogP contribution in [0.4, 0.5) is 0 Å². The summed E-state index contributed by atoms with van der Waals surface area (Å²) in [7, 11) is 0. The minimum absolute atomic E-state index is 0.604. The van der Waals surface area contributed by atoms with Gasteiger partial charge in [0.1, 0.15) is 11.2 Å². The molecule has 3 heterocycles. The zero-order valence-electron chi connectivity index (χ0n) is 32.0. The number of furan rings is 1. The van der Waals surface area contributed by atoms with Crippen LogP contribution in [-0.4, -0.2) is 19.5 Å². The van der Waals surface area contributed by atoms with E-state index in [0.29, 0.717) is 23.0 Å². The summed E-state index contributed by atoms with van der Waals surface area (Å²) in [6.45, 7) is 0. The molecule has 60 heavy (non-hydrogen) atoms. The van der Waals surface area contributed by atoms with Gasteiger partial charge >= 0.3 is 0 Å². The lowest BCUT2D eigenvalue weighted by Gasteiger charge is -2.12. The second-order valence-corrected chi connectivity index (χ2v) is 15.1. The first kappa shape index (κ1) is 33.7. The summed E-state index contributed by atoms with van der Waals surface area (Å²) >= 11 is 0. The van der Waals surface area contributed by atoms with Crippen molar-refractivity contribution in [3.63, 3.8) is 0 Å². The molecule has 0 bridgehead atoms. The summed E-state index contributed by atoms with van der Waals surface area (Å²) in [6, 6.07) is 67.0. The van der Waals surface area contributed by atoms with Gasteiger partial charge in [0, 0.05) is 43.9 Å². The Labute approximate surface area is 343 Å². The Kier molecular flexibility index (Phi) is 7.50. The maximum absolute atomic E-state index is 9.92. The maximum atomic E-state index is 9.92. The normalized spacial score (nSPS) is 11.7. The number of hydrogen-bond donors (Lipinski definition) is 0. The van der Waals surface area contributed by atoms with Gasteiger partial charge in [0.2, 0.25) is 0 Å². The summed E-state index contributed by atoms with van der Waals surface area (Å²) in [6.07, 6.45) is 0. The number of nitriles is 1. The van der Waals surface area contributed by atoms with E-state index in [2.05, 4.69) is 156 Å². The molecule has 0 atom stereocenters. The molecule has 278 valence electrons. The lowest BCUT2D eigenvalue weighted by molar-refractivity contribution is 0.669. The summed E-state index contributed by atoms with van der Waals surface area (Å²) in [5.41, 5.74) is 10.4. The maximum Gasteiger partial charge on any atom is 0.164 e. The van der Waals surface area contributed by atoms with Crippen molar-refractivity contribution in [3.8, 4) is 57.0 Å². The summed E-state index contributed by atoms with van der Waals surface area (Å²) in [5, 5.41) is 18.6. The van der Waals surface area contributed by atoms with Gasteiger partial charge in [-0.3, -0.25) is 0 Å². The van der Waals surface area contributed by atoms with Crippen molar-refractivity contribution < 1.29 is 4.42 Å². The fourth-order valence-corrected chi connectivity index (χ4v) is 8.80. The van der Waals surface area contributed by atoms with Gasteiger partial charge in [0.05, 0.1) is 22.7 Å². The molecule has 6 heteroatoms. The van der Waals surface area contributed by atoms with Crippen LogP contribution in [0, 0.1) is 11.3 Å². The third kappa shape index (κ3) is 5.38. The zero-order chi connectivity index (χ0) is 39.7. The molecule has 0 fully saturated rings. The van der Waals surface area contributed by atoms with E-state index in [4.69, 9.17) is 19.4 Å². The van der Waals surface area contributed by atoms with Crippen molar-refractivity contribution in [2.75, 3.05) is 0 Å². The largest absolute Gasteiger partial charge is 0.456 e. The Balaban J connectivity index is 0.985. The molecule has 6 nitrogen and oxygen atoms in total. The lowest BCUT2D eigenvalue weighted by atomic mass is 10.0. The Morgan fingerprint density at radius 3 is 1.65 bits per heavy atom. The van der Waals surface area contributed by atoms with Crippen LogP contribution in [0.15, 0.2) is 192 Å². The van der Waals surface area contributed by atoms with Crippen LogP contribution in [0.2, 0.25) is 0 Å². The standard InChI is InChI=1S/C54H31N5O/c55-32-33-19-26-48-45(29-33)46-30-38(24-27-49(46)59(48)39-25-28-51-47(31-39)42-15-5-6-18-50(42)60-51)34-20-22-37(23-21-34)52-56-53(43-16-7-11-35-9-1-3-13-40(35)43)58-54(57-52)44-17-8-12-36-10-2-4-14-41(36)44/h1-31H. The number of rotatable bonds is 5. The minimum atomic E-state index is 0.604. The molecule has 12 rings (SSSR count). The van der Waals surface area contributed by atoms with Crippen molar-refractivity contribution in [1.82, 2.24) is 19.5 Å². The zero-order valence-corrected chi connectivity index (χ0v) is 32.0. The van der Waals surface area contributed by atoms with E-state index >= 15 is 0 Å². The highest BCUT2D eigenvalue weighted by atomic mass is 16.3. The molecular formula is C54H31N5O. The SMILES string of the molecule is N#Cc1ccc2c(c1)c1cc(-c3ccc(-c4nc(-c5cccc6ccccc56)nc(-c5cccc6ccccc56)n4)cc3)ccc1n2-c1ccc2oc3ccccc3c2c1. The fraction of sp³-hybridized carbons (Fsp3) is 0. The van der Waals surface area contributed by atoms with Crippen molar-refractivity contribution >= 4 is 65.3 Å². The molecule has 0 aliphatic carbocycles. The van der Waals surface area contributed by atoms with Crippen molar-refractivity contribution in [1.29, 1.82) is 5.26 Å². The number of benzene rings is 9. The van der Waals surface area contributed by atoms with Gasteiger partial charge in [0.25, 0.3) is 0 Å². The van der Waals surface area contributed by atoms with Gasteiger partial charge in [-0.1, -0.05) is 133 Å². The van der Waals surface area contributed by atoms with Crippen LogP contribution in [0.25, 0.3) is 116 Å². The third-order valence-corrected chi connectivity index (χ3v) is 11.7. The van der Waals surface area contributed by atoms with E-state index < -0.39 is 0 Å². The molecule has 0 N–H and O–H groups in total. The Morgan fingerprint density at radius 1 is 0.400 bits per heavy atom. The first-order valence-corrected chi connectivity index (χ1v) is 19.9. The summed E-state index contributed by atoms with van der Waals surface area (Å²) in [5.74, 6) is 1.86. The van der Waals surface area contributed by atoms with E-state index in [1.807, 2.05) is 42.5 Å². The molecule has 0 spiro atoms. The Bertz CT molecular complexity index is 3630. The molecule has 0 aliphatic heterocycles. The van der Waals surface area contributed by atoms with Gasteiger partial charge in [0.15, 0.2) is 17.5 Å².